The van der Waals surface area contributed by atoms with E-state index >= 15 is 0 Å². The molecule has 5 amide bonds. The molecule has 1 saturated heterocycles. The molecule has 198 valence electrons. The Labute approximate surface area is 228 Å². The molecule has 1 N–H and O–H groups in total. The van der Waals surface area contributed by atoms with Gasteiger partial charge in [0.1, 0.15) is 17.1 Å². The molecule has 0 aliphatic carbocycles. The lowest BCUT2D eigenvalue weighted by atomic mass is 10.0. The summed E-state index contributed by atoms with van der Waals surface area (Å²) in [6, 6.07) is 28.0. The highest BCUT2D eigenvalue weighted by Crippen LogP contribution is 2.31. The van der Waals surface area contributed by atoms with Crippen molar-refractivity contribution in [3.05, 3.63) is 126 Å². The lowest BCUT2D eigenvalue weighted by Crippen LogP contribution is -2.57. The fourth-order valence-electron chi connectivity index (χ4n) is 4.12. The number of carbonyl (C=O) groups is 4. The summed E-state index contributed by atoms with van der Waals surface area (Å²) in [4.78, 5) is 54.9. The van der Waals surface area contributed by atoms with Gasteiger partial charge in [-0.25, -0.2) is 19.0 Å². The molecular formula is C31H22FN3O5. The van der Waals surface area contributed by atoms with Crippen LogP contribution in [0.3, 0.4) is 0 Å². The van der Waals surface area contributed by atoms with Gasteiger partial charge < -0.3 is 10.1 Å². The van der Waals surface area contributed by atoms with E-state index in [9.17, 15) is 23.6 Å². The molecule has 4 aromatic rings. The van der Waals surface area contributed by atoms with Crippen LogP contribution in [0.1, 0.15) is 5.56 Å². The number of halogens is 1. The maximum Gasteiger partial charge on any atom is 0.343 e. The van der Waals surface area contributed by atoms with Crippen molar-refractivity contribution in [2.75, 3.05) is 21.7 Å². The van der Waals surface area contributed by atoms with Crippen LogP contribution in [0.25, 0.3) is 6.08 Å². The van der Waals surface area contributed by atoms with Crippen LogP contribution >= 0.6 is 0 Å². The summed E-state index contributed by atoms with van der Waals surface area (Å²) in [5.41, 5.74) is 0.654. The van der Waals surface area contributed by atoms with Gasteiger partial charge in [0.15, 0.2) is 6.61 Å². The number of hydrogen-bond donors (Lipinski definition) is 1. The number of imide groups is 2. The number of ether oxygens (including phenoxy) is 1. The number of amides is 5. The van der Waals surface area contributed by atoms with Gasteiger partial charge in [0, 0.05) is 5.56 Å². The van der Waals surface area contributed by atoms with Gasteiger partial charge in [-0.1, -0.05) is 66.7 Å². The first-order valence-electron chi connectivity index (χ1n) is 12.2. The first-order valence-corrected chi connectivity index (χ1v) is 12.2. The van der Waals surface area contributed by atoms with Crippen LogP contribution in [0, 0.1) is 5.82 Å². The summed E-state index contributed by atoms with van der Waals surface area (Å²) in [6.45, 7) is -0.457. The van der Waals surface area contributed by atoms with Gasteiger partial charge in [-0.2, -0.15) is 0 Å². The molecule has 5 rings (SSSR count). The minimum Gasteiger partial charge on any atom is -0.483 e. The first kappa shape index (κ1) is 26.1. The molecule has 0 bridgehead atoms. The van der Waals surface area contributed by atoms with Crippen LogP contribution in [0.15, 0.2) is 115 Å². The Morgan fingerprint density at radius 1 is 0.725 bits per heavy atom. The number of carbonyl (C=O) groups excluding carboxylic acids is 4. The van der Waals surface area contributed by atoms with Gasteiger partial charge in [-0.3, -0.25) is 14.4 Å². The Morgan fingerprint density at radius 3 is 1.85 bits per heavy atom. The van der Waals surface area contributed by atoms with E-state index in [2.05, 4.69) is 5.32 Å². The Balaban J connectivity index is 1.47. The molecule has 4 aromatic carbocycles. The second-order valence-electron chi connectivity index (χ2n) is 8.65. The van der Waals surface area contributed by atoms with Crippen molar-refractivity contribution in [1.82, 2.24) is 0 Å². The van der Waals surface area contributed by atoms with E-state index in [1.54, 1.807) is 91.0 Å². The molecular weight excluding hydrogens is 513 g/mol. The van der Waals surface area contributed by atoms with Crippen LogP contribution in [0.5, 0.6) is 5.75 Å². The number of para-hydroxylation sites is 4. The number of nitrogens with one attached hydrogen (secondary N) is 1. The Morgan fingerprint density at radius 2 is 1.25 bits per heavy atom. The first-order chi connectivity index (χ1) is 19.4. The fourth-order valence-corrected chi connectivity index (χ4v) is 4.12. The minimum atomic E-state index is -0.807. The smallest absolute Gasteiger partial charge is 0.343 e. The molecule has 0 unspecified atom stereocenters. The third kappa shape index (κ3) is 5.34. The summed E-state index contributed by atoms with van der Waals surface area (Å²) in [5.74, 6) is -2.60. The average molecular weight is 536 g/mol. The lowest BCUT2D eigenvalue weighted by molar-refractivity contribution is -0.121. The molecule has 1 fully saturated rings. The van der Waals surface area contributed by atoms with E-state index in [4.69, 9.17) is 4.74 Å². The van der Waals surface area contributed by atoms with Crippen molar-refractivity contribution in [2.45, 2.75) is 0 Å². The predicted octanol–water partition coefficient (Wildman–Crippen LogP) is 5.43. The second-order valence-corrected chi connectivity index (χ2v) is 8.65. The molecule has 40 heavy (non-hydrogen) atoms. The summed E-state index contributed by atoms with van der Waals surface area (Å²) in [6.07, 6.45) is 1.33. The summed E-state index contributed by atoms with van der Waals surface area (Å²) >= 11 is 0. The lowest BCUT2D eigenvalue weighted by Gasteiger charge is -2.34. The number of benzene rings is 4. The predicted molar refractivity (Wildman–Crippen MR) is 148 cm³/mol. The number of urea groups is 1. The van der Waals surface area contributed by atoms with Crippen molar-refractivity contribution in [2.24, 2.45) is 0 Å². The van der Waals surface area contributed by atoms with Crippen molar-refractivity contribution in [3.63, 3.8) is 0 Å². The van der Waals surface area contributed by atoms with E-state index in [0.29, 0.717) is 16.9 Å². The van der Waals surface area contributed by atoms with Gasteiger partial charge >= 0.3 is 6.03 Å². The second kappa shape index (κ2) is 11.4. The van der Waals surface area contributed by atoms with E-state index < -0.39 is 36.2 Å². The number of nitrogens with zero attached hydrogens (tertiary/aromatic N) is 2. The van der Waals surface area contributed by atoms with Gasteiger partial charge in [0.05, 0.1) is 17.1 Å². The van der Waals surface area contributed by atoms with Crippen LogP contribution in [-0.4, -0.2) is 30.4 Å². The zero-order chi connectivity index (χ0) is 28.1. The molecule has 0 saturated carbocycles. The van der Waals surface area contributed by atoms with Crippen molar-refractivity contribution >= 4 is 46.9 Å². The maximum absolute atomic E-state index is 13.9. The van der Waals surface area contributed by atoms with Crippen molar-refractivity contribution in [1.29, 1.82) is 0 Å². The SMILES string of the molecule is O=C(COc1ccccc1C=C1C(=O)N(c2ccccc2)C(=O)N(c2ccccc2)C1=O)Nc1ccccc1F. The van der Waals surface area contributed by atoms with Gasteiger partial charge in [-0.05, 0) is 48.5 Å². The standard InChI is InChI=1S/C31H22FN3O5/c32-25-16-8-9-17-26(25)33-28(36)20-40-27-18-10-7-11-21(27)19-24-29(37)34(22-12-3-1-4-13-22)31(39)35(30(24)38)23-14-5-2-6-15-23/h1-19H,20H2,(H,33,36). The van der Waals surface area contributed by atoms with Gasteiger partial charge in [0.2, 0.25) is 0 Å². The molecule has 8 nitrogen and oxygen atoms in total. The summed E-state index contributed by atoms with van der Waals surface area (Å²) in [5, 5.41) is 2.43. The maximum atomic E-state index is 13.9. The molecule has 0 radical (unpaired) electrons. The zero-order valence-corrected chi connectivity index (χ0v) is 21.0. The largest absolute Gasteiger partial charge is 0.483 e. The molecule has 1 aliphatic rings. The highest BCUT2D eigenvalue weighted by Gasteiger charge is 2.43. The zero-order valence-electron chi connectivity index (χ0n) is 21.0. The average Bonchev–Trinajstić information content (AvgIpc) is 2.97. The minimum absolute atomic E-state index is 0.0107. The van der Waals surface area contributed by atoms with Crippen LogP contribution in [0.2, 0.25) is 0 Å². The van der Waals surface area contributed by atoms with Gasteiger partial charge in [0.25, 0.3) is 17.7 Å². The highest BCUT2D eigenvalue weighted by atomic mass is 19.1. The van der Waals surface area contributed by atoms with Crippen LogP contribution in [0.4, 0.5) is 26.2 Å². The molecule has 9 heteroatoms. The Bertz CT molecular complexity index is 1560. The topological polar surface area (TPSA) is 96.0 Å². The van der Waals surface area contributed by atoms with Crippen molar-refractivity contribution < 1.29 is 28.3 Å². The fraction of sp³-hybridized carbons (Fsp3) is 0.0323. The van der Waals surface area contributed by atoms with E-state index in [1.165, 1.54) is 24.3 Å². The molecule has 1 heterocycles. The quantitative estimate of drug-likeness (QED) is 0.252. The number of barbiturate groups is 1. The monoisotopic (exact) mass is 535 g/mol. The van der Waals surface area contributed by atoms with E-state index in [-0.39, 0.29) is 17.0 Å². The van der Waals surface area contributed by atoms with E-state index in [0.717, 1.165) is 9.80 Å². The number of anilines is 3. The van der Waals surface area contributed by atoms with Crippen molar-refractivity contribution in [3.8, 4) is 5.75 Å². The normalized spacial score (nSPS) is 13.3. The number of rotatable bonds is 7. The Kier molecular flexibility index (Phi) is 7.45. The van der Waals surface area contributed by atoms with Crippen LogP contribution < -0.4 is 19.9 Å². The third-order valence-electron chi connectivity index (χ3n) is 6.00. The Hall–Kier alpha value is -5.57. The highest BCUT2D eigenvalue weighted by molar-refractivity contribution is 6.46. The third-order valence-corrected chi connectivity index (χ3v) is 6.00. The molecule has 0 atom stereocenters. The molecule has 0 spiro atoms. The van der Waals surface area contributed by atoms with Gasteiger partial charge in [-0.15, -0.1) is 0 Å². The molecule has 1 aliphatic heterocycles. The van der Waals surface area contributed by atoms with E-state index in [1.807, 2.05) is 0 Å². The summed E-state index contributed by atoms with van der Waals surface area (Å²) < 4.78 is 19.6. The number of hydrogen-bond acceptors (Lipinski definition) is 5. The molecule has 0 aromatic heterocycles. The van der Waals surface area contributed by atoms with Crippen LogP contribution in [-0.2, 0) is 14.4 Å². The summed E-state index contributed by atoms with van der Waals surface area (Å²) in [7, 11) is 0.